The molecule has 2 rings (SSSR count). The van der Waals surface area contributed by atoms with E-state index in [0.717, 1.165) is 24.0 Å². The van der Waals surface area contributed by atoms with Crippen molar-refractivity contribution in [3.63, 3.8) is 0 Å². The van der Waals surface area contributed by atoms with Gasteiger partial charge >= 0.3 is 0 Å². The van der Waals surface area contributed by atoms with E-state index in [-0.39, 0.29) is 35.3 Å². The van der Waals surface area contributed by atoms with Crippen LogP contribution < -0.4 is 0 Å². The SMILES string of the molecule is CCc1ccc([NH-])c(C)c1C.CCc1ccc([NH-])c(C)c1C.F.F.[Hf]. The van der Waals surface area contributed by atoms with Gasteiger partial charge in [-0.1, -0.05) is 49.2 Å². The Morgan fingerprint density at radius 2 is 0.880 bits per heavy atom. The molecule has 0 amide bonds. The number of rotatable bonds is 2. The third-order valence-electron chi connectivity index (χ3n) is 4.56. The molecule has 140 valence electrons. The Bertz CT molecular complexity index is 601. The molecule has 0 radical (unpaired) electrons. The zero-order valence-electron chi connectivity index (χ0n) is 16.0. The zero-order valence-corrected chi connectivity index (χ0v) is 19.6. The first-order valence-corrected chi connectivity index (χ1v) is 7.94. The maximum atomic E-state index is 7.53. The van der Waals surface area contributed by atoms with Gasteiger partial charge in [0.1, 0.15) is 0 Å². The van der Waals surface area contributed by atoms with Gasteiger partial charge < -0.3 is 11.5 Å². The summed E-state index contributed by atoms with van der Waals surface area (Å²) in [5.74, 6) is 0. The maximum absolute atomic E-state index is 7.53. The number of hydrogen-bond donors (Lipinski definition) is 0. The normalized spacial score (nSPS) is 8.88. The fraction of sp³-hybridized carbons (Fsp3) is 0.400. The summed E-state index contributed by atoms with van der Waals surface area (Å²) in [5.41, 5.74) is 23.9. The van der Waals surface area contributed by atoms with Crippen LogP contribution in [0.5, 0.6) is 0 Å². The van der Waals surface area contributed by atoms with E-state index in [4.69, 9.17) is 11.5 Å². The smallest absolute Gasteiger partial charge is 0 e. The Hall–Kier alpha value is -1.23. The average Bonchev–Trinajstić information content (AvgIpc) is 2.51. The van der Waals surface area contributed by atoms with Gasteiger partial charge in [0, 0.05) is 25.8 Å². The second-order valence-electron chi connectivity index (χ2n) is 5.75. The molecule has 0 saturated carbocycles. The van der Waals surface area contributed by atoms with Gasteiger partial charge in [0.25, 0.3) is 0 Å². The molecule has 0 unspecified atom stereocenters. The van der Waals surface area contributed by atoms with E-state index in [1.165, 1.54) is 22.3 Å². The summed E-state index contributed by atoms with van der Waals surface area (Å²) >= 11 is 0. The predicted octanol–water partition coefficient (Wildman–Crippen LogP) is 7.40. The summed E-state index contributed by atoms with van der Waals surface area (Å²) in [6.45, 7) is 12.5. The molecule has 0 fully saturated rings. The van der Waals surface area contributed by atoms with E-state index < -0.39 is 0 Å². The predicted molar refractivity (Wildman–Crippen MR) is 104 cm³/mol. The number of halogens is 2. The van der Waals surface area contributed by atoms with E-state index in [1.807, 2.05) is 38.1 Å². The average molecular weight is 515 g/mol. The van der Waals surface area contributed by atoms with Gasteiger partial charge in [-0.2, -0.15) is 0 Å². The van der Waals surface area contributed by atoms with Gasteiger partial charge in [0.05, 0.1) is 0 Å². The van der Waals surface area contributed by atoms with Crippen LogP contribution in [0.15, 0.2) is 24.3 Å². The fourth-order valence-corrected chi connectivity index (χ4v) is 2.52. The first kappa shape index (κ1) is 28.6. The van der Waals surface area contributed by atoms with Gasteiger partial charge in [-0.05, 0) is 62.8 Å². The number of nitrogens with one attached hydrogen (secondary N) is 2. The third kappa shape index (κ3) is 7.27. The number of hydrogen-bond acceptors (Lipinski definition) is 0. The molecular weight excluding hydrogens is 485 g/mol. The van der Waals surface area contributed by atoms with Gasteiger partial charge in [0.2, 0.25) is 0 Å². The van der Waals surface area contributed by atoms with Crippen molar-refractivity contribution in [3.05, 3.63) is 69.1 Å². The van der Waals surface area contributed by atoms with E-state index in [9.17, 15) is 0 Å². The van der Waals surface area contributed by atoms with Gasteiger partial charge in [0.15, 0.2) is 0 Å². The van der Waals surface area contributed by atoms with E-state index >= 15 is 0 Å². The quantitative estimate of drug-likeness (QED) is 0.375. The largest absolute Gasteiger partial charge is 0.698 e. The Morgan fingerprint density at radius 3 is 1.12 bits per heavy atom. The summed E-state index contributed by atoms with van der Waals surface area (Å²) < 4.78 is 0. The molecule has 2 aromatic carbocycles. The molecule has 2 nitrogen and oxygen atoms in total. The summed E-state index contributed by atoms with van der Waals surface area (Å²) in [6.07, 6.45) is 2.12. The van der Waals surface area contributed by atoms with Crippen molar-refractivity contribution in [2.75, 3.05) is 0 Å². The minimum atomic E-state index is 0. The second-order valence-corrected chi connectivity index (χ2v) is 5.75. The maximum Gasteiger partial charge on any atom is 0 e. The molecule has 0 aliphatic heterocycles. The number of benzene rings is 2. The van der Waals surface area contributed by atoms with Crippen molar-refractivity contribution in [1.29, 1.82) is 0 Å². The molecule has 0 aromatic heterocycles. The molecule has 0 spiro atoms. The van der Waals surface area contributed by atoms with Gasteiger partial charge in [-0.15, -0.1) is 11.4 Å². The van der Waals surface area contributed by atoms with E-state index in [0.29, 0.717) is 11.4 Å². The molecule has 0 bridgehead atoms. The van der Waals surface area contributed by atoms with Crippen molar-refractivity contribution in [2.45, 2.75) is 54.4 Å². The fourth-order valence-electron chi connectivity index (χ4n) is 2.52. The molecule has 2 aromatic rings. The van der Waals surface area contributed by atoms with Crippen molar-refractivity contribution < 1.29 is 35.3 Å². The second kappa shape index (κ2) is 13.0. The first-order chi connectivity index (χ1) is 10.3. The van der Waals surface area contributed by atoms with E-state index in [1.54, 1.807) is 0 Å². The van der Waals surface area contributed by atoms with Crippen molar-refractivity contribution in [3.8, 4) is 0 Å². The zero-order chi connectivity index (χ0) is 16.9. The van der Waals surface area contributed by atoms with Crippen LogP contribution in [0.25, 0.3) is 11.5 Å². The minimum absolute atomic E-state index is 0. The van der Waals surface area contributed by atoms with Crippen LogP contribution in [0.3, 0.4) is 0 Å². The Labute approximate surface area is 169 Å². The Morgan fingerprint density at radius 1 is 0.600 bits per heavy atom. The molecule has 5 heteroatoms. The molecule has 25 heavy (non-hydrogen) atoms. The monoisotopic (exact) mass is 516 g/mol. The summed E-state index contributed by atoms with van der Waals surface area (Å²) in [7, 11) is 0. The Balaban J connectivity index is -0.000000346. The van der Waals surface area contributed by atoms with E-state index in [2.05, 4.69) is 27.7 Å². The molecule has 0 atom stereocenters. The summed E-state index contributed by atoms with van der Waals surface area (Å²) in [5, 5.41) is 0. The topological polar surface area (TPSA) is 47.6 Å². The van der Waals surface area contributed by atoms with Crippen LogP contribution >= 0.6 is 0 Å². The Kier molecular flexibility index (Phi) is 14.9. The molecule has 0 heterocycles. The van der Waals surface area contributed by atoms with Crippen molar-refractivity contribution in [1.82, 2.24) is 0 Å². The van der Waals surface area contributed by atoms with Gasteiger partial charge in [-0.3, -0.25) is 9.41 Å². The summed E-state index contributed by atoms with van der Waals surface area (Å²) in [6, 6.07) is 7.84. The van der Waals surface area contributed by atoms with Gasteiger partial charge in [-0.25, -0.2) is 0 Å². The van der Waals surface area contributed by atoms with Crippen LogP contribution in [-0.4, -0.2) is 0 Å². The number of aryl methyl sites for hydroxylation is 2. The summed E-state index contributed by atoms with van der Waals surface area (Å²) in [4.78, 5) is 0. The van der Waals surface area contributed by atoms with Crippen molar-refractivity contribution in [2.24, 2.45) is 0 Å². The molecule has 0 aliphatic carbocycles. The molecule has 0 saturated heterocycles. The van der Waals surface area contributed by atoms with Crippen LogP contribution in [-0.2, 0) is 38.7 Å². The van der Waals surface area contributed by atoms with Crippen molar-refractivity contribution >= 4 is 11.4 Å². The minimum Gasteiger partial charge on any atom is -0.698 e. The molecule has 2 N–H and O–H groups in total. The molecule has 0 aliphatic rings. The third-order valence-corrected chi connectivity index (χ3v) is 4.56. The van der Waals surface area contributed by atoms with Crippen LogP contribution in [0, 0.1) is 27.7 Å². The first-order valence-electron chi connectivity index (χ1n) is 7.94. The van der Waals surface area contributed by atoms with Crippen LogP contribution in [0.1, 0.15) is 47.2 Å². The van der Waals surface area contributed by atoms with Crippen LogP contribution in [0.2, 0.25) is 0 Å². The van der Waals surface area contributed by atoms with Crippen LogP contribution in [0.4, 0.5) is 20.8 Å². The molecular formula is C20H30F2HfN2-2. The standard InChI is InChI=1S/2C10H14N.2FH.Hf/c2*1-4-9-5-6-10(11)8(3)7(9)2;;;/h2*5-6,11H,4H2,1-3H3;2*1H;/q2*-1;;;.